The molecule has 0 saturated heterocycles. The molecule has 0 aliphatic carbocycles. The summed E-state index contributed by atoms with van der Waals surface area (Å²) in [5, 5.41) is 3.39. The van der Waals surface area contributed by atoms with E-state index in [2.05, 4.69) is 76.0 Å². The van der Waals surface area contributed by atoms with Crippen molar-refractivity contribution in [2.45, 2.75) is 68.4 Å². The van der Waals surface area contributed by atoms with Crippen LogP contribution in [0, 0.1) is 13.8 Å². The Hall–Kier alpha value is -2.02. The van der Waals surface area contributed by atoms with Crippen molar-refractivity contribution in [2.24, 2.45) is 0 Å². The summed E-state index contributed by atoms with van der Waals surface area (Å²) in [7, 11) is 0. The summed E-state index contributed by atoms with van der Waals surface area (Å²) in [4.78, 5) is 0. The Kier molecular flexibility index (Phi) is 15.6. The molecule has 140 valence electrons. The summed E-state index contributed by atoms with van der Waals surface area (Å²) < 4.78 is 0. The average Bonchev–Trinajstić information content (AvgIpc) is 2.61. The van der Waals surface area contributed by atoms with E-state index in [4.69, 9.17) is 0 Å². The number of rotatable bonds is 3. The Balaban J connectivity index is 0. The monoisotopic (exact) mass is 341 g/mol. The molecule has 2 rings (SSSR count). The lowest BCUT2D eigenvalue weighted by molar-refractivity contribution is 0.899. The highest BCUT2D eigenvalue weighted by Gasteiger charge is 2.02. The largest absolute Gasteiger partial charge is 0.382 e. The maximum atomic E-state index is 3.95. The fourth-order valence-electron chi connectivity index (χ4n) is 1.93. The molecule has 0 radical (unpaired) electrons. The van der Waals surface area contributed by atoms with E-state index < -0.39 is 0 Å². The number of anilines is 1. The summed E-state index contributed by atoms with van der Waals surface area (Å²) in [5.74, 6) is 0. The van der Waals surface area contributed by atoms with Crippen LogP contribution in [0.25, 0.3) is 5.57 Å². The lowest BCUT2D eigenvalue weighted by Crippen LogP contribution is -2.10. The van der Waals surface area contributed by atoms with Crippen LogP contribution in [-0.4, -0.2) is 6.04 Å². The van der Waals surface area contributed by atoms with Crippen LogP contribution in [0.2, 0.25) is 0 Å². The maximum absolute atomic E-state index is 3.95. The van der Waals surface area contributed by atoms with Crippen molar-refractivity contribution in [1.29, 1.82) is 0 Å². The zero-order valence-corrected chi connectivity index (χ0v) is 17.9. The van der Waals surface area contributed by atoms with Gasteiger partial charge in [-0.2, -0.15) is 0 Å². The van der Waals surface area contributed by atoms with Crippen LogP contribution in [0.1, 0.15) is 65.2 Å². The molecule has 0 atom stereocenters. The van der Waals surface area contributed by atoms with Gasteiger partial charge in [-0.05, 0) is 51.8 Å². The molecule has 0 amide bonds. The molecule has 0 aromatic heterocycles. The van der Waals surface area contributed by atoms with E-state index >= 15 is 0 Å². The molecule has 0 bridgehead atoms. The number of para-hydroxylation sites is 1. The summed E-state index contributed by atoms with van der Waals surface area (Å²) in [6.45, 7) is 22.4. The third-order valence-electron chi connectivity index (χ3n) is 3.05. The molecule has 0 aliphatic heterocycles. The predicted octanol–water partition coefficient (Wildman–Crippen LogP) is 7.90. The Labute approximate surface area is 157 Å². The molecule has 0 spiro atoms. The van der Waals surface area contributed by atoms with Gasteiger partial charge in [0.1, 0.15) is 0 Å². The molecular formula is C24H39N. The maximum Gasteiger partial charge on any atom is 0.0418 e. The number of nitrogens with one attached hydrogen (secondary N) is 1. The molecule has 0 heterocycles. The van der Waals surface area contributed by atoms with Gasteiger partial charge in [0.25, 0.3) is 0 Å². The highest BCUT2D eigenvalue weighted by molar-refractivity contribution is 5.73. The smallest absolute Gasteiger partial charge is 0.0418 e. The molecular weight excluding hydrogens is 302 g/mol. The second-order valence-electron chi connectivity index (χ2n) is 5.78. The van der Waals surface area contributed by atoms with E-state index in [9.17, 15) is 0 Å². The van der Waals surface area contributed by atoms with Crippen molar-refractivity contribution >= 4 is 11.3 Å². The molecule has 1 nitrogen and oxygen atoms in total. The zero-order valence-electron chi connectivity index (χ0n) is 17.9. The second-order valence-corrected chi connectivity index (χ2v) is 5.78. The SMILES string of the molecule is C=C(C)c1ccccc1NC(C)C.CC.CC.Cc1ccc(C)cc1. The molecule has 2 aromatic rings. The lowest BCUT2D eigenvalue weighted by Gasteiger charge is -2.14. The lowest BCUT2D eigenvalue weighted by atomic mass is 10.1. The first-order valence-corrected chi connectivity index (χ1v) is 9.45. The number of aryl methyl sites for hydroxylation is 2. The van der Waals surface area contributed by atoms with E-state index in [1.165, 1.54) is 22.4 Å². The van der Waals surface area contributed by atoms with Crippen molar-refractivity contribution in [3.8, 4) is 0 Å². The van der Waals surface area contributed by atoms with Gasteiger partial charge in [-0.15, -0.1) is 0 Å². The van der Waals surface area contributed by atoms with E-state index in [1.54, 1.807) is 0 Å². The van der Waals surface area contributed by atoms with Gasteiger partial charge < -0.3 is 5.32 Å². The van der Waals surface area contributed by atoms with E-state index in [0.717, 1.165) is 5.57 Å². The highest BCUT2D eigenvalue weighted by atomic mass is 14.9. The van der Waals surface area contributed by atoms with Gasteiger partial charge in [0.05, 0.1) is 0 Å². The summed E-state index contributed by atoms with van der Waals surface area (Å²) in [5.41, 5.74) is 6.14. The van der Waals surface area contributed by atoms with Gasteiger partial charge >= 0.3 is 0 Å². The summed E-state index contributed by atoms with van der Waals surface area (Å²) in [6, 6.07) is 17.2. The summed E-state index contributed by atoms with van der Waals surface area (Å²) >= 11 is 0. The van der Waals surface area contributed by atoms with Gasteiger partial charge in [-0.1, -0.05) is 87.9 Å². The second kappa shape index (κ2) is 15.5. The van der Waals surface area contributed by atoms with Gasteiger partial charge in [0.15, 0.2) is 0 Å². The van der Waals surface area contributed by atoms with E-state index in [1.807, 2.05) is 46.8 Å². The number of benzene rings is 2. The number of allylic oxidation sites excluding steroid dienone is 1. The number of hydrogen-bond acceptors (Lipinski definition) is 1. The average molecular weight is 342 g/mol. The van der Waals surface area contributed by atoms with Crippen LogP contribution in [0.5, 0.6) is 0 Å². The first-order valence-electron chi connectivity index (χ1n) is 9.45. The Bertz CT molecular complexity index is 544. The van der Waals surface area contributed by atoms with Gasteiger partial charge in [-0.3, -0.25) is 0 Å². The van der Waals surface area contributed by atoms with Crippen molar-refractivity contribution in [1.82, 2.24) is 0 Å². The van der Waals surface area contributed by atoms with Crippen LogP contribution in [0.3, 0.4) is 0 Å². The predicted molar refractivity (Wildman–Crippen MR) is 119 cm³/mol. The minimum absolute atomic E-state index is 0.459. The molecule has 0 saturated carbocycles. The Morgan fingerprint density at radius 2 is 1.20 bits per heavy atom. The Morgan fingerprint density at radius 1 is 0.800 bits per heavy atom. The van der Waals surface area contributed by atoms with E-state index in [0.29, 0.717) is 6.04 Å². The normalized spacial score (nSPS) is 8.72. The first kappa shape index (κ1) is 25.2. The Morgan fingerprint density at radius 3 is 1.56 bits per heavy atom. The molecule has 1 heteroatoms. The van der Waals surface area contributed by atoms with Crippen LogP contribution in [0.4, 0.5) is 5.69 Å². The van der Waals surface area contributed by atoms with Crippen LogP contribution in [0.15, 0.2) is 55.1 Å². The minimum Gasteiger partial charge on any atom is -0.382 e. The standard InChI is InChI=1S/C12H17N.C8H10.2C2H6/c1-9(2)11-7-5-6-8-12(11)13-10(3)4;1-7-3-5-8(2)6-4-7;2*1-2/h5-8,10,13H,1H2,2-4H3;3-6H,1-2H3;2*1-2H3. The number of hydrogen-bond donors (Lipinski definition) is 1. The van der Waals surface area contributed by atoms with Gasteiger partial charge in [0, 0.05) is 11.7 Å². The minimum atomic E-state index is 0.459. The highest BCUT2D eigenvalue weighted by Crippen LogP contribution is 2.22. The molecule has 2 aromatic carbocycles. The van der Waals surface area contributed by atoms with Crippen molar-refractivity contribution in [2.75, 3.05) is 5.32 Å². The molecule has 0 unspecified atom stereocenters. The molecule has 1 N–H and O–H groups in total. The van der Waals surface area contributed by atoms with Crippen LogP contribution >= 0.6 is 0 Å². The van der Waals surface area contributed by atoms with Crippen molar-refractivity contribution < 1.29 is 0 Å². The molecule has 0 aliphatic rings. The fourth-order valence-corrected chi connectivity index (χ4v) is 1.93. The third-order valence-corrected chi connectivity index (χ3v) is 3.05. The molecule has 25 heavy (non-hydrogen) atoms. The third kappa shape index (κ3) is 12.1. The van der Waals surface area contributed by atoms with E-state index in [-0.39, 0.29) is 0 Å². The topological polar surface area (TPSA) is 12.0 Å². The first-order chi connectivity index (χ1) is 11.9. The zero-order chi connectivity index (χ0) is 19.8. The van der Waals surface area contributed by atoms with Crippen molar-refractivity contribution in [3.63, 3.8) is 0 Å². The molecule has 0 fully saturated rings. The van der Waals surface area contributed by atoms with Crippen molar-refractivity contribution in [3.05, 3.63) is 71.8 Å². The fraction of sp³-hybridized carbons (Fsp3) is 0.417. The van der Waals surface area contributed by atoms with Crippen LogP contribution < -0.4 is 5.32 Å². The van der Waals surface area contributed by atoms with Gasteiger partial charge in [-0.25, -0.2) is 0 Å². The van der Waals surface area contributed by atoms with Gasteiger partial charge in [0.2, 0.25) is 0 Å². The quantitative estimate of drug-likeness (QED) is 0.598. The summed E-state index contributed by atoms with van der Waals surface area (Å²) in [6.07, 6.45) is 0. The van der Waals surface area contributed by atoms with Crippen LogP contribution in [-0.2, 0) is 0 Å².